The van der Waals surface area contributed by atoms with Crippen LogP contribution in [0.4, 0.5) is 0 Å². The highest BCUT2D eigenvalue weighted by atomic mass is 35.5. The summed E-state index contributed by atoms with van der Waals surface area (Å²) in [5.41, 5.74) is 3.21. The maximum Gasteiger partial charge on any atom is 0.255 e. The predicted molar refractivity (Wildman–Crippen MR) is 113 cm³/mol. The fourth-order valence-corrected chi connectivity index (χ4v) is 4.54. The van der Waals surface area contributed by atoms with Gasteiger partial charge in [-0.05, 0) is 44.8 Å². The molecule has 0 unspecified atom stereocenters. The Balaban J connectivity index is 0.00000112. The molecule has 154 valence electrons. The highest BCUT2D eigenvalue weighted by molar-refractivity contribution is 5.85. The molecule has 3 aliphatic rings. The molecule has 1 saturated carbocycles. The SMILES string of the molecule is CN(Cc1cc(C2CC2)on1)Cc1ccc2n(c1=O)C[C@@H]1CNC[C@H]2C1.Cl.Cl. The standard InChI is InChI=1S/C20H26N4O2.2ClH/c1-23(12-17-7-19(26-22-17)14-2-3-14)11-15-4-5-18-16-6-13(8-21-9-16)10-24(18)20(15)25;;/h4-5,7,13-14,16,21H,2-3,6,8-12H2,1H3;2*1H/t13-,16+;;/m0../s1. The van der Waals surface area contributed by atoms with Crippen molar-refractivity contribution in [1.29, 1.82) is 0 Å². The maximum atomic E-state index is 13.0. The van der Waals surface area contributed by atoms with Crippen LogP contribution in [0.15, 0.2) is 27.5 Å². The number of rotatable bonds is 5. The molecular formula is C20H28Cl2N4O2. The summed E-state index contributed by atoms with van der Waals surface area (Å²) in [6.07, 6.45) is 3.64. The van der Waals surface area contributed by atoms with Gasteiger partial charge in [-0.25, -0.2) is 0 Å². The minimum absolute atomic E-state index is 0. The fraction of sp³-hybridized carbons (Fsp3) is 0.600. The molecule has 0 amide bonds. The summed E-state index contributed by atoms with van der Waals surface area (Å²) in [7, 11) is 2.04. The molecule has 28 heavy (non-hydrogen) atoms. The maximum absolute atomic E-state index is 13.0. The van der Waals surface area contributed by atoms with Gasteiger partial charge < -0.3 is 14.4 Å². The lowest BCUT2D eigenvalue weighted by Crippen LogP contribution is -2.45. The minimum atomic E-state index is 0. The fourth-order valence-electron chi connectivity index (χ4n) is 4.54. The van der Waals surface area contributed by atoms with Crippen LogP contribution < -0.4 is 10.9 Å². The van der Waals surface area contributed by atoms with Gasteiger partial charge >= 0.3 is 0 Å². The predicted octanol–water partition coefficient (Wildman–Crippen LogP) is 2.90. The van der Waals surface area contributed by atoms with Crippen LogP contribution in [0.25, 0.3) is 0 Å². The molecule has 6 nitrogen and oxygen atoms in total. The summed E-state index contributed by atoms with van der Waals surface area (Å²) in [5.74, 6) is 2.67. The molecule has 8 heteroatoms. The topological polar surface area (TPSA) is 63.3 Å². The first-order chi connectivity index (χ1) is 12.7. The third kappa shape index (κ3) is 4.15. The molecule has 2 aliphatic heterocycles. The number of halogens is 2. The van der Waals surface area contributed by atoms with E-state index in [9.17, 15) is 4.79 Å². The number of aromatic nitrogens is 2. The van der Waals surface area contributed by atoms with Gasteiger partial charge in [-0.2, -0.15) is 0 Å². The van der Waals surface area contributed by atoms with Crippen molar-refractivity contribution in [2.75, 3.05) is 20.1 Å². The second-order valence-electron chi connectivity index (χ2n) is 8.32. The molecule has 5 rings (SSSR count). The molecular weight excluding hydrogens is 399 g/mol. The molecule has 2 atom stereocenters. The van der Waals surface area contributed by atoms with E-state index in [1.165, 1.54) is 25.0 Å². The van der Waals surface area contributed by atoms with Crippen molar-refractivity contribution in [2.24, 2.45) is 5.92 Å². The van der Waals surface area contributed by atoms with Gasteiger partial charge in [0.1, 0.15) is 5.76 Å². The van der Waals surface area contributed by atoms with Gasteiger partial charge in [-0.3, -0.25) is 9.69 Å². The molecule has 2 fully saturated rings. The molecule has 0 aromatic carbocycles. The Bertz CT molecular complexity index is 877. The van der Waals surface area contributed by atoms with E-state index >= 15 is 0 Å². The summed E-state index contributed by atoms with van der Waals surface area (Å²) >= 11 is 0. The second kappa shape index (κ2) is 8.57. The average molecular weight is 427 g/mol. The van der Waals surface area contributed by atoms with Crippen LogP contribution in [0.2, 0.25) is 0 Å². The number of pyridine rings is 1. The minimum Gasteiger partial charge on any atom is -0.361 e. The van der Waals surface area contributed by atoms with Crippen LogP contribution in [0.1, 0.15) is 53.8 Å². The lowest BCUT2D eigenvalue weighted by Gasteiger charge is -2.37. The molecule has 4 heterocycles. The Kier molecular flexibility index (Phi) is 6.54. The van der Waals surface area contributed by atoms with E-state index in [2.05, 4.69) is 27.5 Å². The first-order valence-electron chi connectivity index (χ1n) is 9.74. The Morgan fingerprint density at radius 2 is 2.04 bits per heavy atom. The molecule has 2 aromatic rings. The summed E-state index contributed by atoms with van der Waals surface area (Å²) in [4.78, 5) is 15.2. The van der Waals surface area contributed by atoms with Gasteiger partial charge in [0.15, 0.2) is 0 Å². The number of nitrogens with zero attached hydrogens (tertiary/aromatic N) is 3. The Morgan fingerprint density at radius 3 is 2.82 bits per heavy atom. The summed E-state index contributed by atoms with van der Waals surface area (Å²) in [6.45, 7) is 4.21. The lowest BCUT2D eigenvalue weighted by atomic mass is 9.84. The van der Waals surface area contributed by atoms with Crippen LogP contribution >= 0.6 is 24.8 Å². The van der Waals surface area contributed by atoms with E-state index in [0.717, 1.165) is 36.7 Å². The van der Waals surface area contributed by atoms with Gasteiger partial charge in [0.25, 0.3) is 5.56 Å². The van der Waals surface area contributed by atoms with Crippen LogP contribution in [-0.2, 0) is 19.6 Å². The number of hydrogen-bond donors (Lipinski definition) is 1. The van der Waals surface area contributed by atoms with Crippen molar-refractivity contribution in [2.45, 2.75) is 50.7 Å². The molecule has 2 aromatic heterocycles. The first kappa shape index (κ1) is 21.4. The van der Waals surface area contributed by atoms with Crippen molar-refractivity contribution in [1.82, 2.24) is 19.9 Å². The van der Waals surface area contributed by atoms with Gasteiger partial charge in [0, 0.05) is 55.3 Å². The zero-order chi connectivity index (χ0) is 17.7. The Hall–Kier alpha value is -1.34. The van der Waals surface area contributed by atoms with E-state index in [0.29, 0.717) is 30.8 Å². The quantitative estimate of drug-likeness (QED) is 0.795. The van der Waals surface area contributed by atoms with Crippen LogP contribution in [0.5, 0.6) is 0 Å². The molecule has 2 bridgehead atoms. The smallest absolute Gasteiger partial charge is 0.255 e. The number of nitrogens with one attached hydrogen (secondary N) is 1. The number of fused-ring (bicyclic) bond motifs is 4. The van der Waals surface area contributed by atoms with Crippen LogP contribution in [0.3, 0.4) is 0 Å². The largest absolute Gasteiger partial charge is 0.361 e. The van der Waals surface area contributed by atoms with Crippen molar-refractivity contribution in [3.63, 3.8) is 0 Å². The van der Waals surface area contributed by atoms with Crippen molar-refractivity contribution in [3.8, 4) is 0 Å². The van der Waals surface area contributed by atoms with E-state index < -0.39 is 0 Å². The van der Waals surface area contributed by atoms with Crippen molar-refractivity contribution >= 4 is 24.8 Å². The third-order valence-electron chi connectivity index (χ3n) is 6.02. The molecule has 1 N–H and O–H groups in total. The molecule has 1 saturated heterocycles. The van der Waals surface area contributed by atoms with Crippen LogP contribution in [-0.4, -0.2) is 34.8 Å². The Labute approximate surface area is 177 Å². The zero-order valence-corrected chi connectivity index (χ0v) is 17.7. The molecule has 0 radical (unpaired) electrons. The Morgan fingerprint density at radius 1 is 1.21 bits per heavy atom. The normalized spacial score (nSPS) is 22.9. The van der Waals surface area contributed by atoms with Crippen molar-refractivity contribution < 1.29 is 4.52 Å². The van der Waals surface area contributed by atoms with E-state index in [-0.39, 0.29) is 30.4 Å². The monoisotopic (exact) mass is 426 g/mol. The van der Waals surface area contributed by atoms with E-state index in [1.54, 1.807) is 0 Å². The highest BCUT2D eigenvalue weighted by Crippen LogP contribution is 2.40. The second-order valence-corrected chi connectivity index (χ2v) is 8.32. The third-order valence-corrected chi connectivity index (χ3v) is 6.02. The molecule has 0 spiro atoms. The average Bonchev–Trinajstić information content (AvgIpc) is 3.38. The van der Waals surface area contributed by atoms with E-state index in [1.807, 2.05) is 17.7 Å². The zero-order valence-electron chi connectivity index (χ0n) is 16.1. The lowest BCUT2D eigenvalue weighted by molar-refractivity contribution is 0.254. The summed E-state index contributed by atoms with van der Waals surface area (Å²) in [6, 6.07) is 6.26. The number of hydrogen-bond acceptors (Lipinski definition) is 5. The summed E-state index contributed by atoms with van der Waals surface area (Å²) < 4.78 is 7.46. The van der Waals surface area contributed by atoms with Gasteiger partial charge in [0.05, 0.1) is 5.69 Å². The van der Waals surface area contributed by atoms with Gasteiger partial charge in [-0.1, -0.05) is 11.2 Å². The highest BCUT2D eigenvalue weighted by Gasteiger charge is 2.31. The van der Waals surface area contributed by atoms with E-state index in [4.69, 9.17) is 4.52 Å². The van der Waals surface area contributed by atoms with Gasteiger partial charge in [-0.15, -0.1) is 24.8 Å². The summed E-state index contributed by atoms with van der Waals surface area (Å²) in [5, 5.41) is 7.68. The van der Waals surface area contributed by atoms with Crippen LogP contribution in [0, 0.1) is 5.92 Å². The van der Waals surface area contributed by atoms with Gasteiger partial charge in [0.2, 0.25) is 0 Å². The van der Waals surface area contributed by atoms with Crippen molar-refractivity contribution in [3.05, 3.63) is 51.3 Å². The number of piperidine rings is 1. The molecule has 1 aliphatic carbocycles. The first-order valence-corrected chi connectivity index (χ1v) is 9.74.